The van der Waals surface area contributed by atoms with Gasteiger partial charge in [-0.1, -0.05) is 30.0 Å². The second-order valence-corrected chi connectivity index (χ2v) is 7.82. The molecule has 1 N–H and O–H groups in total. The van der Waals surface area contributed by atoms with Crippen molar-refractivity contribution in [3.8, 4) is 5.69 Å². The van der Waals surface area contributed by atoms with Gasteiger partial charge in [-0.3, -0.25) is 9.36 Å². The lowest BCUT2D eigenvalue weighted by Gasteiger charge is -2.10. The summed E-state index contributed by atoms with van der Waals surface area (Å²) in [6.07, 6.45) is 3.45. The molecule has 0 unspecified atom stereocenters. The van der Waals surface area contributed by atoms with Crippen molar-refractivity contribution in [2.75, 3.05) is 11.1 Å². The summed E-state index contributed by atoms with van der Waals surface area (Å²) >= 11 is 1.40. The van der Waals surface area contributed by atoms with Crippen LogP contribution in [0.15, 0.2) is 47.6 Å². The average Bonchev–Trinajstić information content (AvgIpc) is 3.26. The molecule has 0 saturated carbocycles. The number of benzene rings is 2. The summed E-state index contributed by atoms with van der Waals surface area (Å²) in [6, 6.07) is 14.4. The molecule has 0 fully saturated rings. The van der Waals surface area contributed by atoms with Gasteiger partial charge in [-0.15, -0.1) is 10.2 Å². The highest BCUT2D eigenvalue weighted by Gasteiger charge is 2.15. The van der Waals surface area contributed by atoms with Crippen molar-refractivity contribution in [2.24, 2.45) is 0 Å². The Morgan fingerprint density at radius 3 is 2.81 bits per heavy atom. The Bertz CT molecular complexity index is 996. The molecule has 0 aliphatic heterocycles. The van der Waals surface area contributed by atoms with E-state index in [9.17, 15) is 4.79 Å². The van der Waals surface area contributed by atoms with Crippen LogP contribution in [0.2, 0.25) is 0 Å². The maximum absolute atomic E-state index is 12.4. The highest BCUT2D eigenvalue weighted by atomic mass is 32.2. The van der Waals surface area contributed by atoms with Gasteiger partial charge in [0.15, 0.2) is 5.16 Å². The molecule has 6 heteroatoms. The van der Waals surface area contributed by atoms with E-state index in [1.165, 1.54) is 34.9 Å². The van der Waals surface area contributed by atoms with Gasteiger partial charge in [0.05, 0.1) is 5.75 Å². The lowest BCUT2D eigenvalue weighted by Crippen LogP contribution is -2.14. The molecule has 1 aliphatic carbocycles. The van der Waals surface area contributed by atoms with Crippen molar-refractivity contribution in [3.63, 3.8) is 0 Å². The number of nitrogens with one attached hydrogen (secondary N) is 1. The minimum Gasteiger partial charge on any atom is -0.325 e. The van der Waals surface area contributed by atoms with Gasteiger partial charge >= 0.3 is 0 Å². The molecule has 2 aromatic carbocycles. The summed E-state index contributed by atoms with van der Waals surface area (Å²) in [5.41, 5.74) is 5.82. The molecule has 5 nitrogen and oxygen atoms in total. The number of aryl methyl sites for hydroxylation is 4. The Morgan fingerprint density at radius 1 is 1.11 bits per heavy atom. The van der Waals surface area contributed by atoms with E-state index in [4.69, 9.17) is 0 Å². The highest BCUT2D eigenvalue weighted by Crippen LogP contribution is 2.26. The van der Waals surface area contributed by atoms with Gasteiger partial charge in [0, 0.05) is 11.4 Å². The zero-order valence-corrected chi connectivity index (χ0v) is 16.3. The summed E-state index contributed by atoms with van der Waals surface area (Å²) in [7, 11) is 0. The molecule has 1 aromatic heterocycles. The van der Waals surface area contributed by atoms with Crippen LogP contribution in [0.5, 0.6) is 0 Å². The molecule has 1 aliphatic rings. The fourth-order valence-electron chi connectivity index (χ4n) is 3.48. The first kappa shape index (κ1) is 17.8. The average molecular weight is 379 g/mol. The first-order chi connectivity index (χ1) is 13.1. The maximum atomic E-state index is 12.4. The standard InChI is InChI=1S/C21H22N4OS/c1-14-5-3-8-19(11-14)25-15(2)23-24-21(25)27-13-20(26)22-18-10-9-16-6-4-7-17(16)12-18/h3,5,8-12H,4,6-7,13H2,1-2H3,(H,22,26). The highest BCUT2D eigenvalue weighted by molar-refractivity contribution is 7.99. The van der Waals surface area contributed by atoms with Crippen LogP contribution in [0.1, 0.15) is 28.9 Å². The molecule has 0 bridgehead atoms. The van der Waals surface area contributed by atoms with E-state index >= 15 is 0 Å². The summed E-state index contributed by atoms with van der Waals surface area (Å²) in [5.74, 6) is 1.07. The second kappa shape index (κ2) is 7.56. The number of carbonyl (C=O) groups excluding carboxylic acids is 1. The minimum absolute atomic E-state index is 0.0330. The largest absolute Gasteiger partial charge is 0.325 e. The van der Waals surface area contributed by atoms with Crippen LogP contribution >= 0.6 is 11.8 Å². The number of amides is 1. The van der Waals surface area contributed by atoms with Gasteiger partial charge in [0.2, 0.25) is 5.91 Å². The molecule has 3 aromatic rings. The monoisotopic (exact) mass is 378 g/mol. The predicted molar refractivity (Wildman–Crippen MR) is 109 cm³/mol. The van der Waals surface area contributed by atoms with Crippen LogP contribution in [0, 0.1) is 13.8 Å². The number of hydrogen-bond acceptors (Lipinski definition) is 4. The molecular formula is C21H22N4OS. The van der Waals surface area contributed by atoms with E-state index in [-0.39, 0.29) is 5.91 Å². The fraction of sp³-hybridized carbons (Fsp3) is 0.286. The van der Waals surface area contributed by atoms with Crippen LogP contribution in [0.25, 0.3) is 5.69 Å². The van der Waals surface area contributed by atoms with E-state index in [1.54, 1.807) is 0 Å². The lowest BCUT2D eigenvalue weighted by molar-refractivity contribution is -0.113. The van der Waals surface area contributed by atoms with Gasteiger partial charge in [0.1, 0.15) is 5.82 Å². The molecule has 1 heterocycles. The van der Waals surface area contributed by atoms with Crippen LogP contribution < -0.4 is 5.32 Å². The summed E-state index contributed by atoms with van der Waals surface area (Å²) in [5, 5.41) is 12.2. The van der Waals surface area contributed by atoms with E-state index in [1.807, 2.05) is 29.7 Å². The molecular weight excluding hydrogens is 356 g/mol. The van der Waals surface area contributed by atoms with Crippen molar-refractivity contribution < 1.29 is 4.79 Å². The number of fused-ring (bicyclic) bond motifs is 1. The Morgan fingerprint density at radius 2 is 1.96 bits per heavy atom. The maximum Gasteiger partial charge on any atom is 0.234 e. The first-order valence-electron chi connectivity index (χ1n) is 9.14. The minimum atomic E-state index is -0.0330. The number of hydrogen-bond donors (Lipinski definition) is 1. The van der Waals surface area contributed by atoms with Gasteiger partial charge in [-0.05, 0) is 74.1 Å². The molecule has 4 rings (SSSR count). The zero-order valence-electron chi connectivity index (χ0n) is 15.5. The third-order valence-electron chi connectivity index (χ3n) is 4.77. The molecule has 1 amide bonds. The second-order valence-electron chi connectivity index (χ2n) is 6.88. The van der Waals surface area contributed by atoms with E-state index in [0.29, 0.717) is 5.75 Å². The normalized spacial score (nSPS) is 12.8. The van der Waals surface area contributed by atoms with Gasteiger partial charge in [0.25, 0.3) is 0 Å². The van der Waals surface area contributed by atoms with Crippen LogP contribution in [0.3, 0.4) is 0 Å². The van der Waals surface area contributed by atoms with Gasteiger partial charge in [-0.2, -0.15) is 0 Å². The van der Waals surface area contributed by atoms with Crippen LogP contribution in [-0.2, 0) is 17.6 Å². The Balaban J connectivity index is 1.44. The molecule has 0 saturated heterocycles. The van der Waals surface area contributed by atoms with E-state index in [2.05, 4.69) is 46.7 Å². The first-order valence-corrected chi connectivity index (χ1v) is 10.1. The Kier molecular flexibility index (Phi) is 4.99. The third kappa shape index (κ3) is 3.90. The molecule has 0 atom stereocenters. The summed E-state index contributed by atoms with van der Waals surface area (Å²) in [6.45, 7) is 3.98. The molecule has 0 spiro atoms. The molecule has 138 valence electrons. The topological polar surface area (TPSA) is 59.8 Å². The number of aromatic nitrogens is 3. The van der Waals surface area contributed by atoms with E-state index in [0.717, 1.165) is 35.2 Å². The number of rotatable bonds is 5. The quantitative estimate of drug-likeness (QED) is 0.679. The number of nitrogens with zero attached hydrogens (tertiary/aromatic N) is 3. The Hall–Kier alpha value is -2.60. The summed E-state index contributed by atoms with van der Waals surface area (Å²) in [4.78, 5) is 12.4. The predicted octanol–water partition coefficient (Wildman–Crippen LogP) is 4.10. The van der Waals surface area contributed by atoms with Crippen LogP contribution in [0.4, 0.5) is 5.69 Å². The molecule has 0 radical (unpaired) electrons. The van der Waals surface area contributed by atoms with Crippen molar-refractivity contribution in [2.45, 2.75) is 38.3 Å². The van der Waals surface area contributed by atoms with E-state index < -0.39 is 0 Å². The number of thioether (sulfide) groups is 1. The summed E-state index contributed by atoms with van der Waals surface area (Å²) < 4.78 is 1.99. The van der Waals surface area contributed by atoms with Gasteiger partial charge in [-0.25, -0.2) is 0 Å². The lowest BCUT2D eigenvalue weighted by atomic mass is 10.1. The van der Waals surface area contributed by atoms with Gasteiger partial charge < -0.3 is 5.32 Å². The van der Waals surface area contributed by atoms with Crippen molar-refractivity contribution in [3.05, 3.63) is 65.0 Å². The number of anilines is 1. The van der Waals surface area contributed by atoms with Crippen molar-refractivity contribution >= 4 is 23.4 Å². The fourth-order valence-corrected chi connectivity index (χ4v) is 4.28. The SMILES string of the molecule is Cc1cccc(-n2c(C)nnc2SCC(=O)Nc2ccc3c(c2)CCC3)c1. The smallest absolute Gasteiger partial charge is 0.234 e. The Labute approximate surface area is 163 Å². The van der Waals surface area contributed by atoms with Crippen molar-refractivity contribution in [1.29, 1.82) is 0 Å². The molecule has 27 heavy (non-hydrogen) atoms. The van der Waals surface area contributed by atoms with Crippen molar-refractivity contribution in [1.82, 2.24) is 14.8 Å². The third-order valence-corrected chi connectivity index (χ3v) is 5.70. The zero-order chi connectivity index (χ0) is 18.8. The van der Waals surface area contributed by atoms with Crippen LogP contribution in [-0.4, -0.2) is 26.4 Å². The number of carbonyl (C=O) groups is 1.